The summed E-state index contributed by atoms with van der Waals surface area (Å²) in [7, 11) is 0. The average molecular weight is 393 g/mol. The molecule has 0 saturated heterocycles. The first-order chi connectivity index (χ1) is 13.9. The molecule has 2 N–H and O–H groups in total. The lowest BCUT2D eigenvalue weighted by Gasteiger charge is -2.25. The topological polar surface area (TPSA) is 101 Å². The quantitative estimate of drug-likeness (QED) is 0.643. The molecule has 0 unspecified atom stereocenters. The lowest BCUT2D eigenvalue weighted by molar-refractivity contribution is -0.143. The lowest BCUT2D eigenvalue weighted by Crippen LogP contribution is -2.48. The number of hydrogen-bond acceptors (Lipinski definition) is 4. The van der Waals surface area contributed by atoms with E-state index < -0.39 is 24.0 Å². The van der Waals surface area contributed by atoms with Crippen LogP contribution < -0.4 is 10.9 Å². The number of carbonyl (C=O) groups is 2. The van der Waals surface area contributed by atoms with E-state index in [9.17, 15) is 19.5 Å². The van der Waals surface area contributed by atoms with Gasteiger partial charge in [0.2, 0.25) is 5.91 Å². The third-order valence-corrected chi connectivity index (χ3v) is 5.11. The Morgan fingerprint density at radius 1 is 1.10 bits per heavy atom. The van der Waals surface area contributed by atoms with Crippen molar-refractivity contribution in [2.75, 3.05) is 0 Å². The van der Waals surface area contributed by atoms with Gasteiger partial charge >= 0.3 is 5.97 Å². The molecule has 1 aromatic heterocycles. The van der Waals surface area contributed by atoms with Crippen molar-refractivity contribution in [1.29, 1.82) is 0 Å². The van der Waals surface area contributed by atoms with Gasteiger partial charge in [-0.25, -0.2) is 9.78 Å². The van der Waals surface area contributed by atoms with Gasteiger partial charge in [0.15, 0.2) is 0 Å². The van der Waals surface area contributed by atoms with Gasteiger partial charge in [-0.05, 0) is 23.6 Å². The predicted molar refractivity (Wildman–Crippen MR) is 110 cm³/mol. The molecule has 0 bridgehead atoms. The Labute approximate surface area is 168 Å². The fourth-order valence-electron chi connectivity index (χ4n) is 3.26. The molecule has 0 radical (unpaired) electrons. The van der Waals surface area contributed by atoms with E-state index in [0.29, 0.717) is 22.9 Å². The lowest BCUT2D eigenvalue weighted by atomic mass is 9.98. The summed E-state index contributed by atoms with van der Waals surface area (Å²) in [4.78, 5) is 42.3. The van der Waals surface area contributed by atoms with Crippen LogP contribution in [0, 0.1) is 5.92 Å². The summed E-state index contributed by atoms with van der Waals surface area (Å²) in [5.74, 6) is -1.94. The Hall–Kier alpha value is -3.48. The van der Waals surface area contributed by atoms with Crippen LogP contribution in [0.2, 0.25) is 0 Å². The molecular formula is C22H23N3O4. The summed E-state index contributed by atoms with van der Waals surface area (Å²) in [5, 5.41) is 12.5. The molecule has 3 rings (SSSR count). The van der Waals surface area contributed by atoms with Crippen molar-refractivity contribution in [1.82, 2.24) is 14.9 Å². The van der Waals surface area contributed by atoms with E-state index in [2.05, 4.69) is 10.3 Å². The highest BCUT2D eigenvalue weighted by Crippen LogP contribution is 2.19. The van der Waals surface area contributed by atoms with Crippen molar-refractivity contribution in [2.24, 2.45) is 5.92 Å². The second-order valence-corrected chi connectivity index (χ2v) is 7.00. The van der Waals surface area contributed by atoms with Gasteiger partial charge < -0.3 is 10.4 Å². The molecule has 29 heavy (non-hydrogen) atoms. The molecule has 3 atom stereocenters. The number of carboxylic acids is 1. The number of hydrogen-bond donors (Lipinski definition) is 2. The minimum atomic E-state index is -1.11. The van der Waals surface area contributed by atoms with Crippen molar-refractivity contribution in [3.8, 4) is 0 Å². The minimum Gasteiger partial charge on any atom is -0.480 e. The third-order valence-electron chi connectivity index (χ3n) is 5.11. The molecule has 150 valence electrons. The van der Waals surface area contributed by atoms with Crippen molar-refractivity contribution >= 4 is 22.8 Å². The van der Waals surface area contributed by atoms with Crippen LogP contribution >= 0.6 is 0 Å². The van der Waals surface area contributed by atoms with E-state index in [-0.39, 0.29) is 11.5 Å². The van der Waals surface area contributed by atoms with Crippen molar-refractivity contribution in [3.63, 3.8) is 0 Å². The van der Waals surface area contributed by atoms with Crippen LogP contribution in [0.4, 0.5) is 0 Å². The zero-order valence-corrected chi connectivity index (χ0v) is 16.3. The number of rotatable bonds is 7. The highest BCUT2D eigenvalue weighted by atomic mass is 16.4. The SMILES string of the molecule is CC[C@@H](C)[C@H](NC(=O)[C@H](c1ccccc1)n1cnc2ccccc2c1=O)C(=O)O. The van der Waals surface area contributed by atoms with E-state index in [0.717, 1.165) is 0 Å². The fraction of sp³-hybridized carbons (Fsp3) is 0.273. The first-order valence-electron chi connectivity index (χ1n) is 9.48. The van der Waals surface area contributed by atoms with Gasteiger partial charge in [-0.2, -0.15) is 0 Å². The van der Waals surface area contributed by atoms with Gasteiger partial charge in [0, 0.05) is 0 Å². The predicted octanol–water partition coefficient (Wildman–Crippen LogP) is 2.60. The van der Waals surface area contributed by atoms with Gasteiger partial charge in [0.1, 0.15) is 12.1 Å². The smallest absolute Gasteiger partial charge is 0.326 e. The largest absolute Gasteiger partial charge is 0.480 e. The molecule has 1 heterocycles. The van der Waals surface area contributed by atoms with Crippen LogP contribution in [0.5, 0.6) is 0 Å². The summed E-state index contributed by atoms with van der Waals surface area (Å²) in [5.41, 5.74) is 0.733. The standard InChI is InChI=1S/C22H23N3O4/c1-3-14(2)18(22(28)29)24-20(26)19(15-9-5-4-6-10-15)25-13-23-17-12-8-7-11-16(17)21(25)27/h4-14,18-19H,3H2,1-2H3,(H,24,26)(H,28,29)/t14-,18+,19+/m1/s1. The highest BCUT2D eigenvalue weighted by Gasteiger charge is 2.31. The van der Waals surface area contributed by atoms with E-state index in [1.165, 1.54) is 10.9 Å². The summed E-state index contributed by atoms with van der Waals surface area (Å²) in [6, 6.07) is 13.6. The van der Waals surface area contributed by atoms with E-state index in [4.69, 9.17) is 0 Å². The number of para-hydroxylation sites is 1. The van der Waals surface area contributed by atoms with E-state index in [1.54, 1.807) is 61.5 Å². The van der Waals surface area contributed by atoms with Crippen molar-refractivity contribution in [2.45, 2.75) is 32.4 Å². The highest BCUT2D eigenvalue weighted by molar-refractivity contribution is 5.88. The molecular weight excluding hydrogens is 370 g/mol. The molecule has 7 heteroatoms. The van der Waals surface area contributed by atoms with Crippen LogP contribution in [0.3, 0.4) is 0 Å². The van der Waals surface area contributed by atoms with Crippen LogP contribution in [-0.4, -0.2) is 32.6 Å². The number of fused-ring (bicyclic) bond motifs is 1. The maximum absolute atomic E-state index is 13.2. The number of nitrogens with one attached hydrogen (secondary N) is 1. The average Bonchev–Trinajstić information content (AvgIpc) is 2.74. The number of amides is 1. The monoisotopic (exact) mass is 393 g/mol. The van der Waals surface area contributed by atoms with Crippen LogP contribution in [0.15, 0.2) is 65.7 Å². The summed E-state index contributed by atoms with van der Waals surface area (Å²) < 4.78 is 1.25. The van der Waals surface area contributed by atoms with Crippen LogP contribution in [0.1, 0.15) is 31.9 Å². The fourth-order valence-corrected chi connectivity index (χ4v) is 3.26. The Morgan fingerprint density at radius 2 is 1.76 bits per heavy atom. The molecule has 3 aromatic rings. The Morgan fingerprint density at radius 3 is 2.41 bits per heavy atom. The minimum absolute atomic E-state index is 0.265. The molecule has 0 saturated carbocycles. The first-order valence-corrected chi connectivity index (χ1v) is 9.48. The Kier molecular flexibility index (Phi) is 6.07. The van der Waals surface area contributed by atoms with Gasteiger partial charge in [0.25, 0.3) is 5.56 Å². The summed E-state index contributed by atoms with van der Waals surface area (Å²) >= 11 is 0. The van der Waals surface area contributed by atoms with E-state index >= 15 is 0 Å². The molecule has 2 aromatic carbocycles. The number of aliphatic carboxylic acids is 1. The number of carboxylic acid groups (broad SMARTS) is 1. The van der Waals surface area contributed by atoms with Gasteiger partial charge in [-0.15, -0.1) is 0 Å². The van der Waals surface area contributed by atoms with Crippen LogP contribution in [-0.2, 0) is 9.59 Å². The number of nitrogens with zero attached hydrogens (tertiary/aromatic N) is 2. The molecule has 0 spiro atoms. The van der Waals surface area contributed by atoms with Crippen molar-refractivity contribution in [3.05, 3.63) is 76.8 Å². The second kappa shape index (κ2) is 8.68. The molecule has 0 aliphatic rings. The molecule has 0 aliphatic heterocycles. The normalized spacial score (nSPS) is 14.1. The Balaban J connectivity index is 2.09. The maximum atomic E-state index is 13.2. The molecule has 7 nitrogen and oxygen atoms in total. The summed E-state index contributed by atoms with van der Waals surface area (Å²) in [6.07, 6.45) is 1.92. The third kappa shape index (κ3) is 4.18. The zero-order chi connectivity index (χ0) is 21.0. The molecule has 0 aliphatic carbocycles. The first kappa shape index (κ1) is 20.3. The maximum Gasteiger partial charge on any atom is 0.326 e. The second-order valence-electron chi connectivity index (χ2n) is 7.00. The summed E-state index contributed by atoms with van der Waals surface area (Å²) in [6.45, 7) is 3.62. The zero-order valence-electron chi connectivity index (χ0n) is 16.3. The molecule has 1 amide bonds. The number of aromatic nitrogens is 2. The number of benzene rings is 2. The van der Waals surface area contributed by atoms with Gasteiger partial charge in [-0.3, -0.25) is 14.2 Å². The number of carbonyl (C=O) groups excluding carboxylic acids is 1. The van der Waals surface area contributed by atoms with E-state index in [1.807, 2.05) is 6.92 Å². The van der Waals surface area contributed by atoms with Crippen molar-refractivity contribution < 1.29 is 14.7 Å². The van der Waals surface area contributed by atoms with Gasteiger partial charge in [-0.1, -0.05) is 62.7 Å². The van der Waals surface area contributed by atoms with Gasteiger partial charge in [0.05, 0.1) is 17.2 Å². The Bertz CT molecular complexity index is 1080. The molecule has 0 fully saturated rings. The van der Waals surface area contributed by atoms with Crippen LogP contribution in [0.25, 0.3) is 10.9 Å².